The van der Waals surface area contributed by atoms with Gasteiger partial charge in [0.15, 0.2) is 0 Å². The number of carbonyl (C=O) groups excluding carboxylic acids is 2. The number of sulfonamides is 1. The second kappa shape index (κ2) is 9.42. The van der Waals surface area contributed by atoms with Crippen LogP contribution in [-0.2, 0) is 10.0 Å². The van der Waals surface area contributed by atoms with E-state index in [1.54, 1.807) is 43.3 Å². The molecule has 2 fully saturated rings. The minimum Gasteiger partial charge on any atom is -0.339 e. The number of hydrogen-bond donors (Lipinski definition) is 1. The monoisotopic (exact) mass is 455 g/mol. The van der Waals surface area contributed by atoms with Crippen molar-refractivity contribution < 1.29 is 18.0 Å². The van der Waals surface area contributed by atoms with Crippen molar-refractivity contribution in [2.45, 2.75) is 43.9 Å². The SMILES string of the molecule is Cc1ccc(S(=O)(=O)N2CCCCC2)cc1C(=O)Nc1ccc(C(=O)N2CCCC2)cc1. The Balaban J connectivity index is 1.49. The van der Waals surface area contributed by atoms with E-state index in [0.29, 0.717) is 35.5 Å². The Morgan fingerprint density at radius 1 is 0.844 bits per heavy atom. The van der Waals surface area contributed by atoms with Gasteiger partial charge in [-0.1, -0.05) is 12.5 Å². The molecule has 8 heteroatoms. The largest absolute Gasteiger partial charge is 0.339 e. The van der Waals surface area contributed by atoms with E-state index < -0.39 is 10.0 Å². The Kier molecular flexibility index (Phi) is 6.62. The van der Waals surface area contributed by atoms with E-state index in [9.17, 15) is 18.0 Å². The summed E-state index contributed by atoms with van der Waals surface area (Å²) >= 11 is 0. The third-order valence-electron chi connectivity index (χ3n) is 6.19. The number of nitrogens with zero attached hydrogens (tertiary/aromatic N) is 2. The molecule has 0 aliphatic carbocycles. The van der Waals surface area contributed by atoms with E-state index >= 15 is 0 Å². The molecule has 4 rings (SSSR count). The lowest BCUT2D eigenvalue weighted by Gasteiger charge is -2.26. The second-order valence-electron chi connectivity index (χ2n) is 8.47. The van der Waals surface area contributed by atoms with Gasteiger partial charge in [-0.15, -0.1) is 0 Å². The summed E-state index contributed by atoms with van der Waals surface area (Å²) in [6.07, 6.45) is 4.82. The highest BCUT2D eigenvalue weighted by Crippen LogP contribution is 2.24. The van der Waals surface area contributed by atoms with Crippen LogP contribution < -0.4 is 5.32 Å². The molecule has 1 N–H and O–H groups in total. The minimum absolute atomic E-state index is 0.00633. The van der Waals surface area contributed by atoms with E-state index in [1.165, 1.54) is 10.4 Å². The molecule has 170 valence electrons. The van der Waals surface area contributed by atoms with Gasteiger partial charge in [-0.3, -0.25) is 9.59 Å². The first-order valence-corrected chi connectivity index (χ1v) is 12.6. The average molecular weight is 456 g/mol. The third-order valence-corrected chi connectivity index (χ3v) is 8.08. The Bertz CT molecular complexity index is 1100. The molecule has 2 heterocycles. The number of benzene rings is 2. The zero-order valence-corrected chi connectivity index (χ0v) is 19.2. The van der Waals surface area contributed by atoms with Crippen molar-refractivity contribution >= 4 is 27.5 Å². The average Bonchev–Trinajstić information content (AvgIpc) is 3.35. The molecule has 0 aromatic heterocycles. The van der Waals surface area contributed by atoms with Crippen molar-refractivity contribution in [1.82, 2.24) is 9.21 Å². The maximum absolute atomic E-state index is 13.0. The molecule has 2 aromatic rings. The Hall–Kier alpha value is -2.71. The Labute approximate surface area is 189 Å². The summed E-state index contributed by atoms with van der Waals surface area (Å²) in [6, 6.07) is 11.5. The van der Waals surface area contributed by atoms with E-state index in [2.05, 4.69) is 5.32 Å². The molecule has 0 saturated carbocycles. The summed E-state index contributed by atoms with van der Waals surface area (Å²) in [7, 11) is -3.62. The highest BCUT2D eigenvalue weighted by molar-refractivity contribution is 7.89. The second-order valence-corrected chi connectivity index (χ2v) is 10.4. The number of carbonyl (C=O) groups is 2. The summed E-state index contributed by atoms with van der Waals surface area (Å²) in [5.74, 6) is -0.372. The molecule has 2 saturated heterocycles. The van der Waals surface area contributed by atoms with Gasteiger partial charge in [0.05, 0.1) is 4.90 Å². The maximum Gasteiger partial charge on any atom is 0.255 e. The number of hydrogen-bond acceptors (Lipinski definition) is 4. The molecule has 0 unspecified atom stereocenters. The van der Waals surface area contributed by atoms with Gasteiger partial charge in [-0.05, 0) is 74.6 Å². The van der Waals surface area contributed by atoms with Gasteiger partial charge in [0.1, 0.15) is 0 Å². The Morgan fingerprint density at radius 2 is 1.47 bits per heavy atom. The Morgan fingerprint density at radius 3 is 2.12 bits per heavy atom. The van der Waals surface area contributed by atoms with Crippen LogP contribution in [0.4, 0.5) is 5.69 Å². The van der Waals surface area contributed by atoms with Gasteiger partial charge in [-0.2, -0.15) is 4.31 Å². The first-order valence-electron chi connectivity index (χ1n) is 11.2. The van der Waals surface area contributed by atoms with Crippen LogP contribution in [0.2, 0.25) is 0 Å². The lowest BCUT2D eigenvalue weighted by atomic mass is 10.1. The number of piperidine rings is 1. The van der Waals surface area contributed by atoms with E-state index in [4.69, 9.17) is 0 Å². The molecule has 0 spiro atoms. The molecular formula is C24H29N3O4S. The minimum atomic E-state index is -3.62. The van der Waals surface area contributed by atoms with Crippen LogP contribution in [-0.4, -0.2) is 55.6 Å². The maximum atomic E-state index is 13.0. The number of aryl methyl sites for hydroxylation is 1. The summed E-state index contributed by atoms with van der Waals surface area (Å²) in [5, 5.41) is 2.82. The van der Waals surface area contributed by atoms with Crippen molar-refractivity contribution in [2.24, 2.45) is 0 Å². The smallest absolute Gasteiger partial charge is 0.255 e. The van der Waals surface area contributed by atoms with Crippen molar-refractivity contribution in [3.05, 3.63) is 59.2 Å². The summed E-state index contributed by atoms with van der Waals surface area (Å²) in [4.78, 5) is 27.4. The third kappa shape index (κ3) is 4.71. The molecule has 2 amide bonds. The molecule has 2 aliphatic heterocycles. The fourth-order valence-electron chi connectivity index (χ4n) is 4.26. The van der Waals surface area contributed by atoms with Crippen LogP contribution in [0, 0.1) is 6.92 Å². The van der Waals surface area contributed by atoms with Crippen LogP contribution in [0.5, 0.6) is 0 Å². The van der Waals surface area contributed by atoms with Crippen LogP contribution in [0.1, 0.15) is 58.4 Å². The molecule has 2 aliphatic rings. The van der Waals surface area contributed by atoms with Crippen molar-refractivity contribution in [1.29, 1.82) is 0 Å². The molecule has 2 aromatic carbocycles. The fraction of sp³-hybridized carbons (Fsp3) is 0.417. The predicted molar refractivity (Wildman–Crippen MR) is 123 cm³/mol. The zero-order chi connectivity index (χ0) is 22.7. The molecule has 32 heavy (non-hydrogen) atoms. The van der Waals surface area contributed by atoms with Gasteiger partial charge in [0.2, 0.25) is 10.0 Å². The lowest BCUT2D eigenvalue weighted by Crippen LogP contribution is -2.35. The number of amides is 2. The molecule has 0 bridgehead atoms. The standard InChI is InChI=1S/C24H29N3O4S/c1-18-7-12-21(32(30,31)27-15-3-2-4-16-27)17-22(18)23(28)25-20-10-8-19(9-11-20)24(29)26-13-5-6-14-26/h7-12,17H,2-6,13-16H2,1H3,(H,25,28). The number of likely N-dealkylation sites (tertiary alicyclic amines) is 1. The van der Waals surface area contributed by atoms with E-state index in [1.807, 2.05) is 4.90 Å². The van der Waals surface area contributed by atoms with Crippen LogP contribution in [0.25, 0.3) is 0 Å². The molecular weight excluding hydrogens is 426 g/mol. The fourth-order valence-corrected chi connectivity index (χ4v) is 5.80. The quantitative estimate of drug-likeness (QED) is 0.746. The van der Waals surface area contributed by atoms with Crippen LogP contribution in [0.15, 0.2) is 47.4 Å². The summed E-state index contributed by atoms with van der Waals surface area (Å²) < 4.78 is 27.5. The van der Waals surface area contributed by atoms with Crippen LogP contribution in [0.3, 0.4) is 0 Å². The first-order chi connectivity index (χ1) is 15.4. The van der Waals surface area contributed by atoms with Gasteiger partial charge >= 0.3 is 0 Å². The van der Waals surface area contributed by atoms with Crippen LogP contribution >= 0.6 is 0 Å². The predicted octanol–water partition coefficient (Wildman–Crippen LogP) is 3.66. The van der Waals surface area contributed by atoms with Gasteiger partial charge < -0.3 is 10.2 Å². The van der Waals surface area contributed by atoms with E-state index in [0.717, 1.165) is 45.2 Å². The van der Waals surface area contributed by atoms with Crippen molar-refractivity contribution in [3.8, 4) is 0 Å². The van der Waals surface area contributed by atoms with E-state index in [-0.39, 0.29) is 16.7 Å². The van der Waals surface area contributed by atoms with Crippen molar-refractivity contribution in [2.75, 3.05) is 31.5 Å². The summed E-state index contributed by atoms with van der Waals surface area (Å²) in [5.41, 5.74) is 2.16. The first kappa shape index (κ1) is 22.5. The highest BCUT2D eigenvalue weighted by atomic mass is 32.2. The molecule has 0 radical (unpaired) electrons. The number of anilines is 1. The van der Waals surface area contributed by atoms with Gasteiger partial charge in [0.25, 0.3) is 11.8 Å². The number of rotatable bonds is 5. The number of nitrogens with one attached hydrogen (secondary N) is 1. The molecule has 0 atom stereocenters. The normalized spacial score (nSPS) is 17.3. The lowest BCUT2D eigenvalue weighted by molar-refractivity contribution is 0.0792. The highest BCUT2D eigenvalue weighted by Gasteiger charge is 2.27. The van der Waals surface area contributed by atoms with Crippen molar-refractivity contribution in [3.63, 3.8) is 0 Å². The topological polar surface area (TPSA) is 86.8 Å². The van der Waals surface area contributed by atoms with Gasteiger partial charge in [0, 0.05) is 43.0 Å². The van der Waals surface area contributed by atoms with Gasteiger partial charge in [-0.25, -0.2) is 8.42 Å². The molecule has 7 nitrogen and oxygen atoms in total. The summed E-state index contributed by atoms with van der Waals surface area (Å²) in [6.45, 7) is 4.38. The zero-order valence-electron chi connectivity index (χ0n) is 18.3.